The standard InChI is InChI=1S/C13H24N4O/c1-9(2)12-15-10(14-5)7-11(16-12)17(6)13(3,4)8-18/h7,9,18H,8H2,1-6H3,(H,14,15,16). The Morgan fingerprint density at radius 1 is 1.39 bits per heavy atom. The minimum absolute atomic E-state index is 0.0689. The highest BCUT2D eigenvalue weighted by Gasteiger charge is 2.24. The van der Waals surface area contributed by atoms with Crippen molar-refractivity contribution >= 4 is 11.6 Å². The minimum Gasteiger partial charge on any atom is -0.394 e. The maximum atomic E-state index is 9.43. The number of hydrogen-bond donors (Lipinski definition) is 2. The molecular weight excluding hydrogens is 228 g/mol. The summed E-state index contributed by atoms with van der Waals surface area (Å²) in [6, 6.07) is 1.89. The molecule has 5 nitrogen and oxygen atoms in total. The largest absolute Gasteiger partial charge is 0.394 e. The van der Waals surface area contributed by atoms with E-state index < -0.39 is 0 Å². The van der Waals surface area contributed by atoms with E-state index in [0.717, 1.165) is 17.5 Å². The lowest BCUT2D eigenvalue weighted by Crippen LogP contribution is -2.45. The Morgan fingerprint density at radius 3 is 2.44 bits per heavy atom. The minimum atomic E-state index is -0.354. The van der Waals surface area contributed by atoms with Gasteiger partial charge in [0.2, 0.25) is 0 Å². The summed E-state index contributed by atoms with van der Waals surface area (Å²) in [5, 5.41) is 12.5. The smallest absolute Gasteiger partial charge is 0.135 e. The number of nitrogens with zero attached hydrogens (tertiary/aromatic N) is 3. The normalized spacial score (nSPS) is 11.8. The van der Waals surface area contributed by atoms with Gasteiger partial charge >= 0.3 is 0 Å². The molecule has 0 amide bonds. The highest BCUT2D eigenvalue weighted by molar-refractivity contribution is 5.50. The van der Waals surface area contributed by atoms with Crippen molar-refractivity contribution in [1.82, 2.24) is 9.97 Å². The van der Waals surface area contributed by atoms with E-state index in [1.807, 2.05) is 38.9 Å². The second kappa shape index (κ2) is 5.52. The van der Waals surface area contributed by atoms with E-state index in [-0.39, 0.29) is 18.1 Å². The van der Waals surface area contributed by atoms with Crippen LogP contribution in [0.4, 0.5) is 11.6 Å². The molecule has 0 spiro atoms. The van der Waals surface area contributed by atoms with Gasteiger partial charge < -0.3 is 15.3 Å². The topological polar surface area (TPSA) is 61.3 Å². The monoisotopic (exact) mass is 252 g/mol. The molecule has 0 bridgehead atoms. The van der Waals surface area contributed by atoms with Crippen molar-refractivity contribution in [3.05, 3.63) is 11.9 Å². The molecule has 0 unspecified atom stereocenters. The quantitative estimate of drug-likeness (QED) is 0.837. The summed E-state index contributed by atoms with van der Waals surface area (Å²) in [4.78, 5) is 11.0. The van der Waals surface area contributed by atoms with Crippen molar-refractivity contribution in [1.29, 1.82) is 0 Å². The van der Waals surface area contributed by atoms with Gasteiger partial charge in [-0.3, -0.25) is 0 Å². The summed E-state index contributed by atoms with van der Waals surface area (Å²) in [5.41, 5.74) is -0.354. The number of anilines is 2. The lowest BCUT2D eigenvalue weighted by Gasteiger charge is -2.35. The number of hydrogen-bond acceptors (Lipinski definition) is 5. The van der Waals surface area contributed by atoms with E-state index in [0.29, 0.717) is 0 Å². The fourth-order valence-electron chi connectivity index (χ4n) is 1.43. The van der Waals surface area contributed by atoms with Crippen LogP contribution < -0.4 is 10.2 Å². The van der Waals surface area contributed by atoms with Crippen molar-refractivity contribution < 1.29 is 5.11 Å². The number of aromatic nitrogens is 2. The van der Waals surface area contributed by atoms with Crippen LogP contribution in [0, 0.1) is 0 Å². The predicted molar refractivity (Wildman–Crippen MR) is 75.2 cm³/mol. The SMILES string of the molecule is CNc1cc(N(C)C(C)(C)CO)nc(C(C)C)n1. The Bertz CT molecular complexity index is 404. The zero-order valence-electron chi connectivity index (χ0n) is 12.2. The third-order valence-corrected chi connectivity index (χ3v) is 3.14. The zero-order chi connectivity index (χ0) is 13.9. The third kappa shape index (κ3) is 3.10. The number of nitrogens with one attached hydrogen (secondary N) is 1. The molecule has 0 fully saturated rings. The summed E-state index contributed by atoms with van der Waals surface area (Å²) in [6.07, 6.45) is 0. The van der Waals surface area contributed by atoms with Crippen molar-refractivity contribution in [2.45, 2.75) is 39.2 Å². The van der Waals surface area contributed by atoms with E-state index in [4.69, 9.17) is 0 Å². The molecule has 18 heavy (non-hydrogen) atoms. The maximum Gasteiger partial charge on any atom is 0.135 e. The molecule has 2 N–H and O–H groups in total. The van der Waals surface area contributed by atoms with E-state index in [1.165, 1.54) is 0 Å². The molecule has 0 saturated carbocycles. The van der Waals surface area contributed by atoms with E-state index in [9.17, 15) is 5.11 Å². The molecule has 1 heterocycles. The van der Waals surface area contributed by atoms with Crippen molar-refractivity contribution in [2.24, 2.45) is 0 Å². The van der Waals surface area contributed by atoms with Crippen molar-refractivity contribution in [3.8, 4) is 0 Å². The van der Waals surface area contributed by atoms with Gasteiger partial charge in [-0.1, -0.05) is 13.8 Å². The molecule has 0 aromatic carbocycles. The Kier molecular flexibility index (Phi) is 4.51. The molecule has 0 saturated heterocycles. The fraction of sp³-hybridized carbons (Fsp3) is 0.692. The second-order valence-corrected chi connectivity index (χ2v) is 5.40. The fourth-order valence-corrected chi connectivity index (χ4v) is 1.43. The Morgan fingerprint density at radius 2 is 2.00 bits per heavy atom. The molecule has 102 valence electrons. The van der Waals surface area contributed by atoms with E-state index in [1.54, 1.807) is 0 Å². The highest BCUT2D eigenvalue weighted by atomic mass is 16.3. The predicted octanol–water partition coefficient (Wildman–Crippen LogP) is 1.85. The summed E-state index contributed by atoms with van der Waals surface area (Å²) >= 11 is 0. The van der Waals surface area contributed by atoms with Crippen LogP contribution in [-0.2, 0) is 0 Å². The lowest BCUT2D eigenvalue weighted by molar-refractivity contribution is 0.215. The average molecular weight is 252 g/mol. The molecule has 1 aromatic heterocycles. The first-order valence-corrected chi connectivity index (χ1v) is 6.23. The van der Waals surface area contributed by atoms with E-state index >= 15 is 0 Å². The van der Waals surface area contributed by atoms with Gasteiger partial charge in [0.1, 0.15) is 17.5 Å². The first kappa shape index (κ1) is 14.7. The average Bonchev–Trinajstić information content (AvgIpc) is 2.36. The number of likely N-dealkylation sites (N-methyl/N-ethyl adjacent to an activating group) is 1. The molecule has 0 atom stereocenters. The van der Waals surface area contributed by atoms with Crippen LogP contribution in [0.25, 0.3) is 0 Å². The highest BCUT2D eigenvalue weighted by Crippen LogP contribution is 2.24. The summed E-state index contributed by atoms with van der Waals surface area (Å²) in [7, 11) is 3.77. The molecule has 1 aromatic rings. The first-order valence-electron chi connectivity index (χ1n) is 6.23. The van der Waals surface area contributed by atoms with Gasteiger partial charge in [0.25, 0.3) is 0 Å². The molecule has 1 rings (SSSR count). The van der Waals surface area contributed by atoms with Crippen LogP contribution >= 0.6 is 0 Å². The Hall–Kier alpha value is -1.36. The zero-order valence-corrected chi connectivity index (χ0v) is 12.2. The summed E-state index contributed by atoms with van der Waals surface area (Å²) in [6.45, 7) is 8.15. The van der Waals surface area contributed by atoms with Gasteiger partial charge in [-0.25, -0.2) is 9.97 Å². The van der Waals surface area contributed by atoms with Crippen molar-refractivity contribution in [2.75, 3.05) is 30.9 Å². The summed E-state index contributed by atoms with van der Waals surface area (Å²) in [5.74, 6) is 2.68. The van der Waals surface area contributed by atoms with Crippen LogP contribution in [0.3, 0.4) is 0 Å². The van der Waals surface area contributed by atoms with Crippen LogP contribution in [0.5, 0.6) is 0 Å². The van der Waals surface area contributed by atoms with Crippen molar-refractivity contribution in [3.63, 3.8) is 0 Å². The third-order valence-electron chi connectivity index (χ3n) is 3.14. The lowest BCUT2D eigenvalue weighted by atomic mass is 10.1. The molecule has 5 heteroatoms. The second-order valence-electron chi connectivity index (χ2n) is 5.40. The Balaban J connectivity index is 3.19. The van der Waals surface area contributed by atoms with Gasteiger partial charge in [-0.15, -0.1) is 0 Å². The maximum absolute atomic E-state index is 9.43. The van der Waals surface area contributed by atoms with Crippen LogP contribution in [0.1, 0.15) is 39.4 Å². The van der Waals surface area contributed by atoms with E-state index in [2.05, 4.69) is 29.1 Å². The van der Waals surface area contributed by atoms with Crippen LogP contribution in [-0.4, -0.2) is 41.3 Å². The van der Waals surface area contributed by atoms with Gasteiger partial charge in [0.15, 0.2) is 0 Å². The number of rotatable bonds is 5. The van der Waals surface area contributed by atoms with Crippen LogP contribution in [0.2, 0.25) is 0 Å². The molecule has 0 aliphatic rings. The number of aliphatic hydroxyl groups excluding tert-OH is 1. The molecule has 0 aliphatic heterocycles. The summed E-state index contributed by atoms with van der Waals surface area (Å²) < 4.78 is 0. The van der Waals surface area contributed by atoms with Gasteiger partial charge in [0.05, 0.1) is 12.1 Å². The molecule has 0 aliphatic carbocycles. The number of aliphatic hydroxyl groups is 1. The molecule has 0 radical (unpaired) electrons. The molecular formula is C13H24N4O. The first-order chi connectivity index (χ1) is 8.31. The van der Waals surface area contributed by atoms with Crippen LogP contribution in [0.15, 0.2) is 6.07 Å². The van der Waals surface area contributed by atoms with Gasteiger partial charge in [-0.05, 0) is 13.8 Å². The van der Waals surface area contributed by atoms with Gasteiger partial charge in [-0.2, -0.15) is 0 Å². The Labute approximate surface area is 109 Å². The van der Waals surface area contributed by atoms with Gasteiger partial charge in [0, 0.05) is 26.1 Å².